The number of carbonyl (C=O) groups is 2. The zero-order valence-electron chi connectivity index (χ0n) is 40.8. The zero-order valence-corrected chi connectivity index (χ0v) is 40.8. The molecule has 0 aliphatic heterocycles. The minimum Gasteiger partial charge on any atom is -0.494 e. The van der Waals surface area contributed by atoms with Crippen molar-refractivity contribution in [3.8, 4) is 45.9 Å². The molecule has 16 heteroatoms. The number of benzene rings is 6. The zero-order chi connectivity index (χ0) is 49.6. The molecule has 0 spiro atoms. The second-order valence-electron chi connectivity index (χ2n) is 17.7. The van der Waals surface area contributed by atoms with Crippen LogP contribution in [0.4, 0.5) is 0 Å². The number of aromatic nitrogens is 4. The van der Waals surface area contributed by atoms with Crippen molar-refractivity contribution in [1.29, 1.82) is 0 Å². The van der Waals surface area contributed by atoms with Crippen molar-refractivity contribution < 1.29 is 37.6 Å². The summed E-state index contributed by atoms with van der Waals surface area (Å²) in [6, 6.07) is 34.6. The second-order valence-corrected chi connectivity index (χ2v) is 17.7. The lowest BCUT2D eigenvalue weighted by Crippen LogP contribution is -2.37. The molecule has 0 saturated carbocycles. The van der Waals surface area contributed by atoms with Crippen LogP contribution < -0.4 is 31.5 Å². The summed E-state index contributed by atoms with van der Waals surface area (Å²) in [5.41, 5.74) is 16.4. The number of nitrogens with zero attached hydrogens (tertiary/aromatic N) is 4. The lowest BCUT2D eigenvalue weighted by molar-refractivity contribution is 0.000665. The number of rotatable bonds is 20. The smallest absolute Gasteiger partial charge is 0.267 e. The Balaban J connectivity index is 0.000000206. The van der Waals surface area contributed by atoms with E-state index < -0.39 is 0 Å². The Morgan fingerprint density at radius 2 is 1.06 bits per heavy atom. The molecular formula is C54H60N8O8. The Morgan fingerprint density at radius 3 is 1.69 bits per heavy atom. The minimum atomic E-state index is -0.324. The third-order valence-corrected chi connectivity index (χ3v) is 10.8. The first kappa shape index (κ1) is 50.4. The standard InChI is InChI=1S/C27H34N4O5.C27H26N4O3/c1-5-35-30-28-26(32)23-9-8-21-14-20(6-7-22(21)15-23)17-36-31-29-27(33)24-12-19(4)13-25(16-24)34-11-10-18(2)3;1-16(2)9-10-32-24-12-17(3)11-23(15-24)27-31-30-26(34-27)22-8-6-19-13-21(7-5-20(19)14-22)25-29-28-18(4)33-25/h6-9,12-16,18,30-31H,5,10-11,17H2,1-4H3,(H,28,32)(H,29,33);5-8,11-16H,9-10H2,1-4H3. The van der Waals surface area contributed by atoms with Crippen LogP contribution in [0.3, 0.4) is 0 Å². The van der Waals surface area contributed by atoms with Crippen molar-refractivity contribution >= 4 is 33.4 Å². The van der Waals surface area contributed by atoms with Crippen LogP contribution in [-0.4, -0.2) is 52.0 Å². The van der Waals surface area contributed by atoms with Crippen LogP contribution in [0.25, 0.3) is 55.9 Å². The van der Waals surface area contributed by atoms with E-state index in [0.717, 1.165) is 73.5 Å². The predicted octanol–water partition coefficient (Wildman–Crippen LogP) is 10.8. The van der Waals surface area contributed by atoms with Gasteiger partial charge in [0.2, 0.25) is 23.6 Å². The summed E-state index contributed by atoms with van der Waals surface area (Å²) in [6.07, 6.45) is 1.95. The van der Waals surface area contributed by atoms with Gasteiger partial charge in [-0.3, -0.25) is 30.1 Å². The number of hydrazine groups is 2. The van der Waals surface area contributed by atoms with E-state index in [9.17, 15) is 9.59 Å². The lowest BCUT2D eigenvalue weighted by atomic mass is 10.0. The summed E-state index contributed by atoms with van der Waals surface area (Å²) >= 11 is 0. The number of hydrogen-bond acceptors (Lipinski definition) is 14. The van der Waals surface area contributed by atoms with Gasteiger partial charge in [-0.1, -0.05) is 58.0 Å². The number of amides is 2. The van der Waals surface area contributed by atoms with E-state index in [4.69, 9.17) is 28.0 Å². The topological polar surface area (TPSA) is 197 Å². The molecule has 364 valence electrons. The number of ether oxygens (including phenoxy) is 2. The Hall–Kier alpha value is -7.50. The van der Waals surface area contributed by atoms with E-state index in [2.05, 4.69) is 70.1 Å². The van der Waals surface area contributed by atoms with Gasteiger partial charge in [0.1, 0.15) is 11.5 Å². The number of carbonyl (C=O) groups excluding carboxylic acids is 2. The third kappa shape index (κ3) is 14.3. The van der Waals surface area contributed by atoms with Crippen LogP contribution in [0.5, 0.6) is 11.5 Å². The normalized spacial score (nSPS) is 11.2. The molecule has 16 nitrogen and oxygen atoms in total. The Bertz CT molecular complexity index is 3040. The van der Waals surface area contributed by atoms with Crippen LogP contribution in [-0.2, 0) is 16.3 Å². The molecule has 70 heavy (non-hydrogen) atoms. The second kappa shape index (κ2) is 24.2. The van der Waals surface area contributed by atoms with E-state index in [0.29, 0.717) is 72.1 Å². The number of nitrogens with one attached hydrogen (secondary N) is 4. The van der Waals surface area contributed by atoms with Crippen LogP contribution in [0.1, 0.15) is 90.8 Å². The van der Waals surface area contributed by atoms with E-state index in [1.54, 1.807) is 31.2 Å². The maximum absolute atomic E-state index is 12.5. The van der Waals surface area contributed by atoms with Gasteiger partial charge in [-0.25, -0.2) is 0 Å². The summed E-state index contributed by atoms with van der Waals surface area (Å²) in [6.45, 7) is 18.1. The fraction of sp³-hybridized carbons (Fsp3) is 0.296. The lowest BCUT2D eigenvalue weighted by Gasteiger charge is -2.12. The first-order chi connectivity index (χ1) is 33.8. The molecule has 2 amide bonds. The first-order valence-corrected chi connectivity index (χ1v) is 23.3. The summed E-state index contributed by atoms with van der Waals surface area (Å²) in [4.78, 5) is 35.0. The van der Waals surface area contributed by atoms with Gasteiger partial charge in [0.15, 0.2) is 0 Å². The molecule has 2 heterocycles. The number of aryl methyl sites for hydroxylation is 3. The summed E-state index contributed by atoms with van der Waals surface area (Å²) in [5, 5.41) is 20.6. The van der Waals surface area contributed by atoms with Crippen molar-refractivity contribution in [2.45, 2.75) is 74.8 Å². The highest BCUT2D eigenvalue weighted by Gasteiger charge is 2.15. The number of hydrogen-bond donors (Lipinski definition) is 4. The summed E-state index contributed by atoms with van der Waals surface area (Å²) < 4.78 is 23.3. The highest BCUT2D eigenvalue weighted by atomic mass is 16.7. The molecule has 8 rings (SSSR count). The molecule has 2 aromatic heterocycles. The van der Waals surface area contributed by atoms with Gasteiger partial charge in [-0.2, -0.15) is 0 Å². The SMILES string of the molecule is CCONNC(=O)c1ccc2cc(CONNC(=O)c3cc(C)cc(OCCC(C)C)c3)ccc2c1.Cc1cc(OCCC(C)C)cc(-c2nnc(-c3ccc4cc(-c5nnc(C)o5)ccc4c3)o2)c1. The van der Waals surface area contributed by atoms with Gasteiger partial charge >= 0.3 is 0 Å². The molecule has 6 aromatic carbocycles. The molecular weight excluding hydrogens is 889 g/mol. The highest BCUT2D eigenvalue weighted by Crippen LogP contribution is 2.31. The average molecular weight is 949 g/mol. The minimum absolute atomic E-state index is 0.230. The Labute approximate surface area is 407 Å². The van der Waals surface area contributed by atoms with Gasteiger partial charge in [0.05, 0.1) is 26.4 Å². The van der Waals surface area contributed by atoms with Crippen molar-refractivity contribution in [3.63, 3.8) is 0 Å². The molecule has 0 bridgehead atoms. The van der Waals surface area contributed by atoms with E-state index in [-0.39, 0.29) is 18.4 Å². The van der Waals surface area contributed by atoms with Crippen molar-refractivity contribution in [2.75, 3.05) is 19.8 Å². The fourth-order valence-electron chi connectivity index (χ4n) is 7.15. The molecule has 0 saturated heterocycles. The molecule has 0 aliphatic rings. The fourth-order valence-corrected chi connectivity index (χ4v) is 7.15. The Morgan fingerprint density at radius 1 is 0.529 bits per heavy atom. The van der Waals surface area contributed by atoms with E-state index in [1.165, 1.54) is 0 Å². The van der Waals surface area contributed by atoms with Gasteiger partial charge in [-0.15, -0.1) is 31.6 Å². The largest absolute Gasteiger partial charge is 0.494 e. The van der Waals surface area contributed by atoms with E-state index in [1.807, 2.05) is 106 Å². The van der Waals surface area contributed by atoms with Crippen LogP contribution in [0, 0.1) is 32.6 Å². The molecule has 8 aromatic rings. The molecule has 4 N–H and O–H groups in total. The molecule has 0 fully saturated rings. The quantitative estimate of drug-likeness (QED) is 0.0416. The van der Waals surface area contributed by atoms with Gasteiger partial charge in [0.25, 0.3) is 11.8 Å². The van der Waals surface area contributed by atoms with Gasteiger partial charge < -0.3 is 18.3 Å². The van der Waals surface area contributed by atoms with Crippen molar-refractivity contribution in [3.05, 3.63) is 143 Å². The Kier molecular flexibility index (Phi) is 17.4. The van der Waals surface area contributed by atoms with Crippen LogP contribution >= 0.6 is 0 Å². The van der Waals surface area contributed by atoms with E-state index >= 15 is 0 Å². The molecule has 0 aliphatic carbocycles. The maximum Gasteiger partial charge on any atom is 0.267 e. The van der Waals surface area contributed by atoms with Crippen LogP contribution in [0.2, 0.25) is 0 Å². The average Bonchev–Trinajstić information content (AvgIpc) is 4.02. The van der Waals surface area contributed by atoms with Crippen molar-refractivity contribution in [2.24, 2.45) is 11.8 Å². The first-order valence-electron chi connectivity index (χ1n) is 23.3. The molecule has 0 unspecified atom stereocenters. The summed E-state index contributed by atoms with van der Waals surface area (Å²) in [7, 11) is 0. The molecule has 0 radical (unpaired) electrons. The maximum atomic E-state index is 12.5. The molecule has 0 atom stereocenters. The monoisotopic (exact) mass is 948 g/mol. The van der Waals surface area contributed by atoms with Gasteiger partial charge in [0, 0.05) is 34.7 Å². The third-order valence-electron chi connectivity index (χ3n) is 10.8. The van der Waals surface area contributed by atoms with Gasteiger partial charge in [-0.05, 0) is 163 Å². The number of fused-ring (bicyclic) bond motifs is 2. The highest BCUT2D eigenvalue weighted by molar-refractivity contribution is 5.98. The summed E-state index contributed by atoms with van der Waals surface area (Å²) in [5.74, 6) is 4.00. The van der Waals surface area contributed by atoms with Crippen LogP contribution in [0.15, 0.2) is 118 Å². The predicted molar refractivity (Wildman–Crippen MR) is 268 cm³/mol. The van der Waals surface area contributed by atoms with Crippen molar-refractivity contribution in [1.82, 2.24) is 42.4 Å².